The van der Waals surface area contributed by atoms with Crippen LogP contribution in [0, 0.1) is 17.8 Å². The van der Waals surface area contributed by atoms with Crippen LogP contribution in [0.1, 0.15) is 65.7 Å². The van der Waals surface area contributed by atoms with Crippen LogP contribution in [0.25, 0.3) is 0 Å². The van der Waals surface area contributed by atoms with Gasteiger partial charge in [0.25, 0.3) is 0 Å². The summed E-state index contributed by atoms with van der Waals surface area (Å²) in [4.78, 5) is 11.2. The normalized spacial score (nSPS) is 28.1. The first kappa shape index (κ1) is 19.7. The van der Waals surface area contributed by atoms with E-state index >= 15 is 0 Å². The van der Waals surface area contributed by atoms with Gasteiger partial charge in [-0.2, -0.15) is 0 Å². The summed E-state index contributed by atoms with van der Waals surface area (Å²) < 4.78 is 7.75. The molecule has 0 N–H and O–H groups in total. The van der Waals surface area contributed by atoms with E-state index in [0.717, 1.165) is 29.7 Å². The quantitative estimate of drug-likeness (QED) is 0.487. The zero-order valence-electron chi connectivity index (χ0n) is 18.3. The molecule has 1 heterocycles. The van der Waals surface area contributed by atoms with Crippen molar-refractivity contribution in [2.75, 3.05) is 0 Å². The molecule has 4 saturated carbocycles. The first-order valence-corrected chi connectivity index (χ1v) is 11.8. The highest BCUT2D eigenvalue weighted by Crippen LogP contribution is 2.60. The number of benzene rings is 2. The summed E-state index contributed by atoms with van der Waals surface area (Å²) in [5, 5.41) is 8.34. The number of para-hydroxylation sites is 1. The summed E-state index contributed by atoms with van der Waals surface area (Å²) in [6, 6.07) is 16.5. The lowest BCUT2D eigenvalue weighted by Crippen LogP contribution is -2.48. The highest BCUT2D eigenvalue weighted by molar-refractivity contribution is 5.79. The SMILES string of the molecule is O=Cc1ccccc1OCc1cnnn1Cc1ccc(C23CC4CC(CC(C4)C2)C3)cc1. The fraction of sp³-hybridized carbons (Fsp3) is 0.444. The van der Waals surface area contributed by atoms with Crippen LogP contribution in [0.2, 0.25) is 0 Å². The van der Waals surface area contributed by atoms with Crippen LogP contribution < -0.4 is 4.74 Å². The van der Waals surface area contributed by atoms with Gasteiger partial charge in [0.2, 0.25) is 0 Å². The average Bonchev–Trinajstić information content (AvgIpc) is 3.24. The van der Waals surface area contributed by atoms with Gasteiger partial charge >= 0.3 is 0 Å². The molecule has 4 aliphatic rings. The predicted molar refractivity (Wildman–Crippen MR) is 122 cm³/mol. The Balaban J connectivity index is 1.15. The highest BCUT2D eigenvalue weighted by Gasteiger charge is 2.51. The summed E-state index contributed by atoms with van der Waals surface area (Å²) in [5.74, 6) is 3.46. The molecule has 4 bridgehead atoms. The molecule has 32 heavy (non-hydrogen) atoms. The van der Waals surface area contributed by atoms with Crippen LogP contribution in [0.15, 0.2) is 54.7 Å². The van der Waals surface area contributed by atoms with E-state index in [-0.39, 0.29) is 0 Å². The van der Waals surface area contributed by atoms with Crippen molar-refractivity contribution in [3.63, 3.8) is 0 Å². The molecule has 2 aromatic carbocycles. The third kappa shape index (κ3) is 3.54. The van der Waals surface area contributed by atoms with Crippen LogP contribution >= 0.6 is 0 Å². The number of nitrogens with zero attached hydrogens (tertiary/aromatic N) is 3. The Morgan fingerprint density at radius 1 is 0.969 bits per heavy atom. The number of rotatable bonds is 7. The number of hydrogen-bond donors (Lipinski definition) is 0. The van der Waals surface area contributed by atoms with E-state index in [1.54, 1.807) is 23.9 Å². The molecule has 4 aliphatic carbocycles. The van der Waals surface area contributed by atoms with E-state index in [0.29, 0.717) is 29.9 Å². The summed E-state index contributed by atoms with van der Waals surface area (Å²) in [6.45, 7) is 0.985. The minimum Gasteiger partial charge on any atom is -0.487 e. The number of aromatic nitrogens is 3. The van der Waals surface area contributed by atoms with Gasteiger partial charge in [0.05, 0.1) is 24.0 Å². The number of aldehydes is 1. The standard InChI is InChI=1S/C27H29N3O2/c31-17-23-3-1-2-4-26(23)32-18-25-15-28-29-30(25)16-19-5-7-24(8-6-19)27-12-20-9-21(13-27)11-22(10-20)14-27/h1-8,15,17,20-22H,9-14,16,18H2. The highest BCUT2D eigenvalue weighted by atomic mass is 16.5. The number of carbonyl (C=O) groups excluding carboxylic acids is 1. The summed E-state index contributed by atoms with van der Waals surface area (Å²) in [6.07, 6.45) is 11.2. The number of hydrogen-bond acceptors (Lipinski definition) is 4. The molecule has 1 aromatic heterocycles. The van der Waals surface area contributed by atoms with Crippen molar-refractivity contribution < 1.29 is 9.53 Å². The van der Waals surface area contributed by atoms with Crippen molar-refractivity contribution in [3.8, 4) is 5.75 Å². The molecule has 0 spiro atoms. The van der Waals surface area contributed by atoms with Crippen LogP contribution in [-0.4, -0.2) is 21.3 Å². The Bertz CT molecular complexity index is 1080. The Morgan fingerprint density at radius 2 is 1.66 bits per heavy atom. The van der Waals surface area contributed by atoms with Crippen LogP contribution in [0.3, 0.4) is 0 Å². The van der Waals surface area contributed by atoms with E-state index in [2.05, 4.69) is 34.6 Å². The fourth-order valence-electron chi connectivity index (χ4n) is 6.99. The maximum absolute atomic E-state index is 11.2. The molecule has 164 valence electrons. The van der Waals surface area contributed by atoms with Crippen molar-refractivity contribution in [1.29, 1.82) is 0 Å². The molecule has 0 unspecified atom stereocenters. The molecule has 3 aromatic rings. The maximum Gasteiger partial charge on any atom is 0.153 e. The first-order chi connectivity index (χ1) is 15.7. The smallest absolute Gasteiger partial charge is 0.153 e. The zero-order valence-corrected chi connectivity index (χ0v) is 18.3. The third-order valence-electron chi connectivity index (χ3n) is 8.06. The van der Waals surface area contributed by atoms with Gasteiger partial charge in [-0.3, -0.25) is 4.79 Å². The lowest BCUT2D eigenvalue weighted by molar-refractivity contribution is -0.00519. The minimum absolute atomic E-state index is 0.323. The van der Waals surface area contributed by atoms with Crippen molar-refractivity contribution >= 4 is 6.29 Å². The van der Waals surface area contributed by atoms with Crippen LogP contribution in [-0.2, 0) is 18.6 Å². The Morgan fingerprint density at radius 3 is 2.34 bits per heavy atom. The van der Waals surface area contributed by atoms with Gasteiger partial charge in [0.1, 0.15) is 12.4 Å². The molecule has 0 aliphatic heterocycles. The van der Waals surface area contributed by atoms with Crippen molar-refractivity contribution in [3.05, 3.63) is 77.1 Å². The van der Waals surface area contributed by atoms with Gasteiger partial charge in [-0.15, -0.1) is 5.10 Å². The predicted octanol–water partition coefficient (Wildman–Crippen LogP) is 5.19. The molecule has 4 fully saturated rings. The van der Waals surface area contributed by atoms with Gasteiger partial charge in [-0.1, -0.05) is 41.6 Å². The van der Waals surface area contributed by atoms with Gasteiger partial charge in [0, 0.05) is 0 Å². The lowest BCUT2D eigenvalue weighted by atomic mass is 9.48. The Hall–Kier alpha value is -2.95. The zero-order chi connectivity index (χ0) is 21.5. The first-order valence-electron chi connectivity index (χ1n) is 11.8. The molecular formula is C27H29N3O2. The Labute approximate surface area is 188 Å². The molecule has 5 heteroatoms. The van der Waals surface area contributed by atoms with E-state index < -0.39 is 0 Å². The second kappa shape index (κ2) is 7.88. The van der Waals surface area contributed by atoms with Crippen molar-refractivity contribution in [2.24, 2.45) is 17.8 Å². The van der Waals surface area contributed by atoms with Gasteiger partial charge in [-0.05, 0) is 85.0 Å². The van der Waals surface area contributed by atoms with E-state index in [1.807, 2.05) is 16.8 Å². The third-order valence-corrected chi connectivity index (χ3v) is 8.06. The topological polar surface area (TPSA) is 57.0 Å². The second-order valence-electron chi connectivity index (χ2n) is 10.2. The summed E-state index contributed by atoms with van der Waals surface area (Å²) in [5.41, 5.74) is 4.64. The monoisotopic (exact) mass is 427 g/mol. The fourth-order valence-corrected chi connectivity index (χ4v) is 6.99. The van der Waals surface area contributed by atoms with E-state index in [1.165, 1.54) is 44.1 Å². The van der Waals surface area contributed by atoms with Crippen molar-refractivity contribution in [1.82, 2.24) is 15.0 Å². The molecule has 0 radical (unpaired) electrons. The van der Waals surface area contributed by atoms with Crippen LogP contribution in [0.4, 0.5) is 0 Å². The number of ether oxygens (including phenoxy) is 1. The maximum atomic E-state index is 11.2. The lowest BCUT2D eigenvalue weighted by Gasteiger charge is -2.57. The summed E-state index contributed by atoms with van der Waals surface area (Å²) in [7, 11) is 0. The van der Waals surface area contributed by atoms with Gasteiger partial charge in [0.15, 0.2) is 6.29 Å². The molecule has 5 nitrogen and oxygen atoms in total. The number of carbonyl (C=O) groups is 1. The summed E-state index contributed by atoms with van der Waals surface area (Å²) >= 11 is 0. The molecule has 0 saturated heterocycles. The molecule has 0 amide bonds. The van der Waals surface area contributed by atoms with Gasteiger partial charge < -0.3 is 4.74 Å². The van der Waals surface area contributed by atoms with E-state index in [4.69, 9.17) is 4.74 Å². The second-order valence-corrected chi connectivity index (χ2v) is 10.2. The van der Waals surface area contributed by atoms with Crippen LogP contribution in [0.5, 0.6) is 5.75 Å². The molecule has 0 atom stereocenters. The molecule has 7 rings (SSSR count). The van der Waals surface area contributed by atoms with Crippen molar-refractivity contribution in [2.45, 2.75) is 57.1 Å². The Kier molecular flexibility index (Phi) is 4.85. The van der Waals surface area contributed by atoms with E-state index in [9.17, 15) is 4.79 Å². The average molecular weight is 428 g/mol. The molecular weight excluding hydrogens is 398 g/mol. The van der Waals surface area contributed by atoms with Gasteiger partial charge in [-0.25, -0.2) is 4.68 Å². The largest absolute Gasteiger partial charge is 0.487 e. The minimum atomic E-state index is 0.323.